The smallest absolute Gasteiger partial charge is 0.257 e. The van der Waals surface area contributed by atoms with Crippen molar-refractivity contribution in [2.75, 3.05) is 33.7 Å². The average molecular weight is 285 g/mol. The van der Waals surface area contributed by atoms with Gasteiger partial charge in [0.05, 0.1) is 5.56 Å². The monoisotopic (exact) mass is 284 g/mol. The van der Waals surface area contributed by atoms with E-state index in [0.29, 0.717) is 23.7 Å². The molecule has 0 aliphatic rings. The van der Waals surface area contributed by atoms with Crippen molar-refractivity contribution in [1.29, 1.82) is 0 Å². The lowest BCUT2D eigenvalue weighted by Crippen LogP contribution is -2.37. The molecule has 1 rings (SSSR count). The molecule has 5 heteroatoms. The Morgan fingerprint density at radius 3 is 2.47 bits per heavy atom. The first-order valence-electron chi connectivity index (χ1n) is 6.38. The molecule has 1 amide bonds. The number of nitrogens with zero attached hydrogens (tertiary/aromatic N) is 2. The molecule has 0 fully saturated rings. The molecule has 0 aliphatic heterocycles. The zero-order chi connectivity index (χ0) is 14.4. The number of benzene rings is 1. The van der Waals surface area contributed by atoms with Crippen LogP contribution >= 0.6 is 11.6 Å². The first-order valence-corrected chi connectivity index (χ1v) is 6.76. The maximum Gasteiger partial charge on any atom is 0.257 e. The summed E-state index contributed by atoms with van der Waals surface area (Å²) in [6.45, 7) is 4.13. The van der Waals surface area contributed by atoms with E-state index in [-0.39, 0.29) is 11.7 Å². The number of phenols is 1. The van der Waals surface area contributed by atoms with E-state index in [9.17, 15) is 9.90 Å². The molecule has 0 spiro atoms. The number of phenolic OH excluding ortho intramolecular Hbond substituents is 1. The highest BCUT2D eigenvalue weighted by molar-refractivity contribution is 6.30. The van der Waals surface area contributed by atoms with Crippen molar-refractivity contribution in [3.63, 3.8) is 0 Å². The molecule has 0 unspecified atom stereocenters. The maximum atomic E-state index is 12.4. The molecule has 0 atom stereocenters. The van der Waals surface area contributed by atoms with Crippen molar-refractivity contribution >= 4 is 17.5 Å². The molecule has 106 valence electrons. The van der Waals surface area contributed by atoms with E-state index < -0.39 is 0 Å². The molecule has 1 aromatic rings. The van der Waals surface area contributed by atoms with Crippen molar-refractivity contribution in [3.8, 4) is 5.75 Å². The second-order valence-electron chi connectivity index (χ2n) is 4.76. The molecular formula is C14H21ClN2O2. The molecule has 0 saturated heterocycles. The van der Waals surface area contributed by atoms with Crippen LogP contribution < -0.4 is 0 Å². The van der Waals surface area contributed by atoms with Gasteiger partial charge >= 0.3 is 0 Å². The Labute approximate surface area is 119 Å². The van der Waals surface area contributed by atoms with Gasteiger partial charge in [-0.15, -0.1) is 0 Å². The lowest BCUT2D eigenvalue weighted by molar-refractivity contribution is 0.0742. The Hall–Kier alpha value is -1.26. The zero-order valence-corrected chi connectivity index (χ0v) is 12.4. The van der Waals surface area contributed by atoms with Crippen LogP contribution in [0.5, 0.6) is 5.75 Å². The van der Waals surface area contributed by atoms with Crippen LogP contribution in [0, 0.1) is 0 Å². The summed E-state index contributed by atoms with van der Waals surface area (Å²) in [6.07, 6.45) is 0.882. The Kier molecular flexibility index (Phi) is 6.12. The predicted octanol–water partition coefficient (Wildman–Crippen LogP) is 2.46. The van der Waals surface area contributed by atoms with E-state index >= 15 is 0 Å². The van der Waals surface area contributed by atoms with Crippen LogP contribution in [0.25, 0.3) is 0 Å². The Morgan fingerprint density at radius 2 is 1.95 bits per heavy atom. The summed E-state index contributed by atoms with van der Waals surface area (Å²) in [5.74, 6) is -0.221. The van der Waals surface area contributed by atoms with Crippen LogP contribution in [0.15, 0.2) is 18.2 Å². The lowest BCUT2D eigenvalue weighted by atomic mass is 10.1. The van der Waals surface area contributed by atoms with Crippen LogP contribution in [-0.2, 0) is 0 Å². The number of hydrogen-bond acceptors (Lipinski definition) is 3. The Balaban J connectivity index is 2.85. The molecule has 0 radical (unpaired) electrons. The molecule has 19 heavy (non-hydrogen) atoms. The van der Waals surface area contributed by atoms with Gasteiger partial charge < -0.3 is 14.9 Å². The summed E-state index contributed by atoms with van der Waals surface area (Å²) in [6, 6.07) is 4.58. The van der Waals surface area contributed by atoms with E-state index in [4.69, 9.17) is 11.6 Å². The van der Waals surface area contributed by atoms with E-state index in [0.717, 1.165) is 13.0 Å². The van der Waals surface area contributed by atoms with E-state index in [2.05, 4.69) is 0 Å². The average Bonchev–Trinajstić information content (AvgIpc) is 2.33. The van der Waals surface area contributed by atoms with Crippen LogP contribution in [-0.4, -0.2) is 54.5 Å². The van der Waals surface area contributed by atoms with Crippen molar-refractivity contribution in [2.45, 2.75) is 13.3 Å². The van der Waals surface area contributed by atoms with Gasteiger partial charge in [0.1, 0.15) is 5.75 Å². The van der Waals surface area contributed by atoms with Gasteiger partial charge in [0.2, 0.25) is 0 Å². The molecule has 0 saturated carbocycles. The van der Waals surface area contributed by atoms with Gasteiger partial charge in [-0.25, -0.2) is 0 Å². The number of rotatable bonds is 6. The number of carbonyl (C=O) groups excluding carboxylic acids is 1. The van der Waals surface area contributed by atoms with Gasteiger partial charge in [0, 0.05) is 24.7 Å². The van der Waals surface area contributed by atoms with Crippen molar-refractivity contribution < 1.29 is 9.90 Å². The number of carbonyl (C=O) groups is 1. The van der Waals surface area contributed by atoms with Crippen LogP contribution in [0.1, 0.15) is 23.7 Å². The Bertz CT molecular complexity index is 435. The number of likely N-dealkylation sites (N-methyl/N-ethyl adjacent to an activating group) is 1. The first-order chi connectivity index (χ1) is 8.95. The van der Waals surface area contributed by atoms with E-state index in [1.807, 2.05) is 25.9 Å². The fourth-order valence-electron chi connectivity index (χ4n) is 1.76. The summed E-state index contributed by atoms with van der Waals surface area (Å²) in [4.78, 5) is 16.2. The fourth-order valence-corrected chi connectivity index (χ4v) is 1.93. The predicted molar refractivity (Wildman–Crippen MR) is 77.9 cm³/mol. The molecule has 0 heterocycles. The summed E-state index contributed by atoms with van der Waals surface area (Å²) in [5, 5.41) is 10.2. The first kappa shape index (κ1) is 15.8. The number of aromatic hydroxyl groups is 1. The summed E-state index contributed by atoms with van der Waals surface area (Å²) in [5.41, 5.74) is 0.302. The van der Waals surface area contributed by atoms with Gasteiger partial charge in [0.25, 0.3) is 5.91 Å². The van der Waals surface area contributed by atoms with E-state index in [1.54, 1.807) is 17.0 Å². The molecule has 1 N–H and O–H groups in total. The van der Waals surface area contributed by atoms with Crippen LogP contribution in [0.2, 0.25) is 5.02 Å². The minimum absolute atomic E-state index is 0.0662. The van der Waals surface area contributed by atoms with E-state index in [1.165, 1.54) is 6.07 Å². The minimum Gasteiger partial charge on any atom is -0.507 e. The maximum absolute atomic E-state index is 12.4. The van der Waals surface area contributed by atoms with Gasteiger partial charge in [-0.2, -0.15) is 0 Å². The summed E-state index contributed by atoms with van der Waals surface area (Å²) < 4.78 is 0. The zero-order valence-electron chi connectivity index (χ0n) is 11.7. The third-order valence-corrected chi connectivity index (χ3v) is 3.02. The molecule has 1 aromatic carbocycles. The summed E-state index contributed by atoms with van der Waals surface area (Å²) >= 11 is 5.77. The topological polar surface area (TPSA) is 43.8 Å². The molecule has 0 aromatic heterocycles. The number of amides is 1. The second kappa shape index (κ2) is 7.36. The third kappa shape index (κ3) is 4.73. The highest BCUT2D eigenvalue weighted by Crippen LogP contribution is 2.23. The normalized spacial score (nSPS) is 10.8. The fraction of sp³-hybridized carbons (Fsp3) is 0.500. The van der Waals surface area contributed by atoms with Gasteiger partial charge in [-0.1, -0.05) is 18.5 Å². The second-order valence-corrected chi connectivity index (χ2v) is 5.19. The van der Waals surface area contributed by atoms with Crippen LogP contribution in [0.3, 0.4) is 0 Å². The number of halogens is 1. The van der Waals surface area contributed by atoms with Gasteiger partial charge in [0.15, 0.2) is 0 Å². The van der Waals surface area contributed by atoms with Crippen molar-refractivity contribution in [1.82, 2.24) is 9.80 Å². The molecule has 0 bridgehead atoms. The van der Waals surface area contributed by atoms with Gasteiger partial charge in [-0.3, -0.25) is 4.79 Å². The Morgan fingerprint density at radius 1 is 1.26 bits per heavy atom. The van der Waals surface area contributed by atoms with Gasteiger partial charge in [-0.05, 0) is 38.7 Å². The third-order valence-electron chi connectivity index (χ3n) is 2.79. The largest absolute Gasteiger partial charge is 0.507 e. The van der Waals surface area contributed by atoms with Crippen molar-refractivity contribution in [2.24, 2.45) is 0 Å². The standard InChI is InChI=1S/C14H21ClN2O2/c1-4-7-17(9-8-16(2)3)14(19)12-6-5-11(15)10-13(12)18/h5-6,10,18H,4,7-9H2,1-3H3. The molecular weight excluding hydrogens is 264 g/mol. The summed E-state index contributed by atoms with van der Waals surface area (Å²) in [7, 11) is 3.93. The quantitative estimate of drug-likeness (QED) is 0.873. The highest BCUT2D eigenvalue weighted by atomic mass is 35.5. The molecule has 4 nitrogen and oxygen atoms in total. The highest BCUT2D eigenvalue weighted by Gasteiger charge is 2.18. The SMILES string of the molecule is CCCN(CCN(C)C)C(=O)c1ccc(Cl)cc1O. The molecule has 0 aliphatic carbocycles. The van der Waals surface area contributed by atoms with Crippen molar-refractivity contribution in [3.05, 3.63) is 28.8 Å². The van der Waals surface area contributed by atoms with Crippen LogP contribution in [0.4, 0.5) is 0 Å². The minimum atomic E-state index is -0.155. The lowest BCUT2D eigenvalue weighted by Gasteiger charge is -2.24. The number of hydrogen-bond donors (Lipinski definition) is 1.